The highest BCUT2D eigenvalue weighted by Crippen LogP contribution is 2.40. The largest absolute Gasteiger partial charge is 0.493 e. The molecule has 0 aliphatic rings. The van der Waals surface area contributed by atoms with Crippen molar-refractivity contribution in [1.82, 2.24) is 9.97 Å². The fourth-order valence-corrected chi connectivity index (χ4v) is 5.04. The van der Waals surface area contributed by atoms with Crippen molar-refractivity contribution < 1.29 is 9.90 Å². The lowest BCUT2D eigenvalue weighted by molar-refractivity contribution is 0.0996. The molecule has 6 nitrogen and oxygen atoms in total. The average molecular weight is 564 g/mol. The standard InChI is InChI=1S/C25H16Br2N4O2/c1-13-7-8-20-16(9-13)17(12-21(28-20)14-5-3-2-4-6-14)24(32)31-30-23-18-10-15(26)11-19(27)22(18)29-25(23)33/h2-12,29,33H,1H3. The first-order valence-electron chi connectivity index (χ1n) is 10.0. The summed E-state index contributed by atoms with van der Waals surface area (Å²) in [6.07, 6.45) is 0. The summed E-state index contributed by atoms with van der Waals surface area (Å²) >= 11 is 6.89. The highest BCUT2D eigenvalue weighted by Gasteiger charge is 2.17. The summed E-state index contributed by atoms with van der Waals surface area (Å²) in [6, 6.07) is 20.8. The maximum absolute atomic E-state index is 13.2. The molecule has 0 aliphatic heterocycles. The number of hydrogen-bond donors (Lipinski definition) is 2. The van der Waals surface area contributed by atoms with Crippen LogP contribution in [0.3, 0.4) is 0 Å². The Labute approximate surface area is 205 Å². The number of benzene rings is 3. The summed E-state index contributed by atoms with van der Waals surface area (Å²) in [5, 5.41) is 19.8. The van der Waals surface area contributed by atoms with Gasteiger partial charge in [-0.3, -0.25) is 4.79 Å². The average Bonchev–Trinajstić information content (AvgIpc) is 3.12. The second-order valence-electron chi connectivity index (χ2n) is 7.58. The number of amides is 1. The number of carbonyl (C=O) groups is 1. The monoisotopic (exact) mass is 562 g/mol. The van der Waals surface area contributed by atoms with Crippen LogP contribution in [-0.4, -0.2) is 21.0 Å². The van der Waals surface area contributed by atoms with E-state index in [1.165, 1.54) is 0 Å². The molecule has 5 rings (SSSR count). The topological polar surface area (TPSA) is 90.7 Å². The first-order chi connectivity index (χ1) is 15.9. The molecule has 0 radical (unpaired) electrons. The van der Waals surface area contributed by atoms with E-state index in [2.05, 4.69) is 47.1 Å². The lowest BCUT2D eigenvalue weighted by Gasteiger charge is -2.08. The number of aromatic amines is 1. The zero-order valence-corrected chi connectivity index (χ0v) is 20.5. The van der Waals surface area contributed by atoms with Gasteiger partial charge < -0.3 is 10.1 Å². The minimum atomic E-state index is -0.520. The van der Waals surface area contributed by atoms with Gasteiger partial charge in [0, 0.05) is 25.3 Å². The van der Waals surface area contributed by atoms with E-state index in [4.69, 9.17) is 4.98 Å². The molecule has 8 heteroatoms. The highest BCUT2D eigenvalue weighted by atomic mass is 79.9. The van der Waals surface area contributed by atoms with Crippen molar-refractivity contribution in [2.75, 3.05) is 0 Å². The Balaban J connectivity index is 1.63. The van der Waals surface area contributed by atoms with Gasteiger partial charge in [0.25, 0.3) is 5.91 Å². The van der Waals surface area contributed by atoms with Crippen LogP contribution in [0.15, 0.2) is 85.9 Å². The Hall–Kier alpha value is -3.36. The third-order valence-corrected chi connectivity index (χ3v) is 6.37. The smallest absolute Gasteiger partial charge is 0.296 e. The molecule has 2 N–H and O–H groups in total. The third-order valence-electron chi connectivity index (χ3n) is 5.28. The number of nitrogens with one attached hydrogen (secondary N) is 1. The van der Waals surface area contributed by atoms with Gasteiger partial charge in [-0.05, 0) is 53.2 Å². The number of halogens is 2. The molecular formula is C25H16Br2N4O2. The fourth-order valence-electron chi connectivity index (χ4n) is 3.72. The third kappa shape index (κ3) is 4.07. The van der Waals surface area contributed by atoms with Crippen LogP contribution < -0.4 is 0 Å². The second-order valence-corrected chi connectivity index (χ2v) is 9.35. The molecule has 1 amide bonds. The molecule has 0 spiro atoms. The molecule has 0 unspecified atom stereocenters. The van der Waals surface area contributed by atoms with Gasteiger partial charge >= 0.3 is 0 Å². The molecule has 33 heavy (non-hydrogen) atoms. The van der Waals surface area contributed by atoms with E-state index in [0.717, 1.165) is 20.1 Å². The van der Waals surface area contributed by atoms with Crippen molar-refractivity contribution >= 4 is 65.3 Å². The molecule has 0 aliphatic carbocycles. The Morgan fingerprint density at radius 2 is 1.79 bits per heavy atom. The number of azo groups is 1. The van der Waals surface area contributed by atoms with Gasteiger partial charge in [-0.2, -0.15) is 0 Å². The molecule has 0 saturated heterocycles. The molecular weight excluding hydrogens is 548 g/mol. The summed E-state index contributed by atoms with van der Waals surface area (Å²) in [4.78, 5) is 20.8. The van der Waals surface area contributed by atoms with Crippen molar-refractivity contribution in [2.24, 2.45) is 10.2 Å². The quantitative estimate of drug-likeness (QED) is 0.219. The Morgan fingerprint density at radius 3 is 2.58 bits per heavy atom. The minimum Gasteiger partial charge on any atom is -0.493 e. The van der Waals surface area contributed by atoms with Gasteiger partial charge in [0.2, 0.25) is 5.88 Å². The van der Waals surface area contributed by atoms with Crippen LogP contribution in [-0.2, 0) is 0 Å². The first-order valence-corrected chi connectivity index (χ1v) is 11.6. The van der Waals surface area contributed by atoms with Crippen LogP contribution in [0.1, 0.15) is 15.9 Å². The zero-order valence-electron chi connectivity index (χ0n) is 17.3. The lowest BCUT2D eigenvalue weighted by Crippen LogP contribution is -1.99. The van der Waals surface area contributed by atoms with Crippen molar-refractivity contribution in [1.29, 1.82) is 0 Å². The van der Waals surface area contributed by atoms with E-state index < -0.39 is 5.91 Å². The first kappa shape index (κ1) is 21.5. The Kier molecular flexibility index (Phi) is 5.55. The number of nitrogens with zero attached hydrogens (tertiary/aromatic N) is 3. The predicted molar refractivity (Wildman–Crippen MR) is 136 cm³/mol. The molecule has 2 heterocycles. The maximum Gasteiger partial charge on any atom is 0.296 e. The number of fused-ring (bicyclic) bond motifs is 2. The van der Waals surface area contributed by atoms with Crippen molar-refractivity contribution in [2.45, 2.75) is 6.92 Å². The maximum atomic E-state index is 13.2. The van der Waals surface area contributed by atoms with Crippen molar-refractivity contribution in [3.05, 3.63) is 86.8 Å². The van der Waals surface area contributed by atoms with Gasteiger partial charge in [0.15, 0.2) is 5.69 Å². The Morgan fingerprint density at radius 1 is 1.00 bits per heavy atom. The summed E-state index contributed by atoms with van der Waals surface area (Å²) in [5.41, 5.74) is 4.53. The molecule has 0 fully saturated rings. The van der Waals surface area contributed by atoms with E-state index in [1.54, 1.807) is 12.1 Å². The second kappa shape index (κ2) is 8.53. The fraction of sp³-hybridized carbons (Fsp3) is 0.0400. The van der Waals surface area contributed by atoms with Gasteiger partial charge in [-0.25, -0.2) is 4.98 Å². The van der Waals surface area contributed by atoms with Gasteiger partial charge in [-0.1, -0.05) is 57.9 Å². The lowest BCUT2D eigenvalue weighted by atomic mass is 10.0. The number of aryl methyl sites for hydroxylation is 1. The van der Waals surface area contributed by atoms with E-state index in [0.29, 0.717) is 33.1 Å². The van der Waals surface area contributed by atoms with Crippen LogP contribution in [0.25, 0.3) is 33.1 Å². The minimum absolute atomic E-state index is 0.166. The van der Waals surface area contributed by atoms with Crippen LogP contribution in [0.2, 0.25) is 0 Å². The normalized spacial score (nSPS) is 11.6. The summed E-state index contributed by atoms with van der Waals surface area (Å²) in [5.74, 6) is -0.686. The van der Waals surface area contributed by atoms with E-state index in [1.807, 2.05) is 61.5 Å². The molecule has 2 aromatic heterocycles. The molecule has 5 aromatic rings. The number of H-pyrrole nitrogens is 1. The summed E-state index contributed by atoms with van der Waals surface area (Å²) in [7, 11) is 0. The molecule has 0 saturated carbocycles. The molecule has 0 bridgehead atoms. The van der Waals surface area contributed by atoms with E-state index >= 15 is 0 Å². The van der Waals surface area contributed by atoms with Crippen molar-refractivity contribution in [3.8, 4) is 17.1 Å². The van der Waals surface area contributed by atoms with Gasteiger partial charge in [-0.15, -0.1) is 10.2 Å². The number of rotatable bonds is 3. The number of pyridine rings is 1. The number of carbonyl (C=O) groups excluding carboxylic acids is 1. The van der Waals surface area contributed by atoms with Crippen LogP contribution >= 0.6 is 31.9 Å². The van der Waals surface area contributed by atoms with Crippen LogP contribution in [0.4, 0.5) is 5.69 Å². The molecule has 3 aromatic carbocycles. The van der Waals surface area contributed by atoms with E-state index in [-0.39, 0.29) is 11.6 Å². The van der Waals surface area contributed by atoms with Crippen LogP contribution in [0.5, 0.6) is 5.88 Å². The zero-order chi connectivity index (χ0) is 23.1. The van der Waals surface area contributed by atoms with E-state index in [9.17, 15) is 9.90 Å². The SMILES string of the molecule is Cc1ccc2nc(-c3ccccc3)cc(C(=O)N=Nc3c(O)[nH]c4c(Br)cc(Br)cc34)c2c1. The molecule has 0 atom stereocenters. The molecule has 162 valence electrons. The predicted octanol–water partition coefficient (Wildman–Crippen LogP) is 7.85. The highest BCUT2D eigenvalue weighted by molar-refractivity contribution is 9.11. The number of hydrogen-bond acceptors (Lipinski definition) is 4. The van der Waals surface area contributed by atoms with Gasteiger partial charge in [0.05, 0.1) is 22.3 Å². The summed E-state index contributed by atoms with van der Waals surface area (Å²) in [6.45, 7) is 1.96. The van der Waals surface area contributed by atoms with Crippen molar-refractivity contribution in [3.63, 3.8) is 0 Å². The number of aromatic nitrogens is 2. The van der Waals surface area contributed by atoms with Crippen LogP contribution in [0, 0.1) is 6.92 Å². The summed E-state index contributed by atoms with van der Waals surface area (Å²) < 4.78 is 1.55. The number of aromatic hydroxyl groups is 1. The Bertz CT molecular complexity index is 1580. The van der Waals surface area contributed by atoms with Gasteiger partial charge in [0.1, 0.15) is 0 Å².